The van der Waals surface area contributed by atoms with Gasteiger partial charge in [0.25, 0.3) is 0 Å². The molecule has 0 aliphatic carbocycles. The van der Waals surface area contributed by atoms with Crippen molar-refractivity contribution in [3.63, 3.8) is 0 Å². The molecule has 86 valence electrons. The highest BCUT2D eigenvalue weighted by molar-refractivity contribution is 5.72. The average Bonchev–Trinajstić information content (AvgIpc) is 2.31. The third-order valence-electron chi connectivity index (χ3n) is 2.72. The molecule has 1 unspecified atom stereocenters. The summed E-state index contributed by atoms with van der Waals surface area (Å²) in [7, 11) is 0. The summed E-state index contributed by atoms with van der Waals surface area (Å²) in [6, 6.07) is 3.49. The van der Waals surface area contributed by atoms with Crippen molar-refractivity contribution in [1.82, 2.24) is 10.3 Å². The van der Waals surface area contributed by atoms with Crippen LogP contribution in [-0.4, -0.2) is 24.0 Å². The molecule has 1 fully saturated rings. The summed E-state index contributed by atoms with van der Waals surface area (Å²) in [5.41, 5.74) is 0. The third-order valence-corrected chi connectivity index (χ3v) is 2.72. The number of carbonyl (C=O) groups excluding carboxylic acids is 1. The highest BCUT2D eigenvalue weighted by Gasteiger charge is 2.17. The summed E-state index contributed by atoms with van der Waals surface area (Å²) < 4.78 is 5.19. The van der Waals surface area contributed by atoms with E-state index in [1.807, 2.05) is 0 Å². The second-order valence-corrected chi connectivity index (χ2v) is 4.08. The Balaban J connectivity index is 1.80. The van der Waals surface area contributed by atoms with Crippen molar-refractivity contribution in [2.24, 2.45) is 5.92 Å². The first-order valence-electron chi connectivity index (χ1n) is 5.66. The molecule has 2 heterocycles. The second-order valence-electron chi connectivity index (χ2n) is 4.08. The molecule has 1 saturated heterocycles. The predicted octanol–water partition coefficient (Wildman–Crippen LogP) is 1.38. The van der Waals surface area contributed by atoms with Gasteiger partial charge in [-0.1, -0.05) is 0 Å². The molecule has 1 aromatic heterocycles. The van der Waals surface area contributed by atoms with E-state index in [1.165, 1.54) is 0 Å². The molecule has 1 aliphatic rings. The number of nitrogens with one attached hydrogen (secondary N) is 1. The van der Waals surface area contributed by atoms with Gasteiger partial charge in [-0.2, -0.15) is 0 Å². The van der Waals surface area contributed by atoms with E-state index in [-0.39, 0.29) is 5.97 Å². The molecule has 16 heavy (non-hydrogen) atoms. The van der Waals surface area contributed by atoms with Crippen LogP contribution in [0.3, 0.4) is 0 Å². The summed E-state index contributed by atoms with van der Waals surface area (Å²) in [6.07, 6.45) is 5.95. The molecule has 0 bridgehead atoms. The second kappa shape index (κ2) is 5.61. The summed E-state index contributed by atoms with van der Waals surface area (Å²) in [6.45, 7) is 1.98. The number of hydrogen-bond acceptors (Lipinski definition) is 4. The van der Waals surface area contributed by atoms with Crippen LogP contribution in [0.25, 0.3) is 0 Å². The smallest absolute Gasteiger partial charge is 0.311 e. The SMILES string of the molecule is O=C(CC1CCCNC1)Oc1cccnc1. The third kappa shape index (κ3) is 3.31. The Labute approximate surface area is 95.0 Å². The topological polar surface area (TPSA) is 51.2 Å². The van der Waals surface area contributed by atoms with Gasteiger partial charge in [0, 0.05) is 12.6 Å². The molecular weight excluding hydrogens is 204 g/mol. The molecule has 0 aromatic carbocycles. The Kier molecular flexibility index (Phi) is 3.88. The lowest BCUT2D eigenvalue weighted by Crippen LogP contribution is -2.31. The van der Waals surface area contributed by atoms with Crippen LogP contribution in [0, 0.1) is 5.92 Å². The van der Waals surface area contributed by atoms with Gasteiger partial charge in [-0.05, 0) is 44.0 Å². The Morgan fingerprint density at radius 3 is 3.25 bits per heavy atom. The molecule has 0 amide bonds. The fourth-order valence-electron chi connectivity index (χ4n) is 1.91. The lowest BCUT2D eigenvalue weighted by Gasteiger charge is -2.21. The number of piperidine rings is 1. The Bertz CT molecular complexity index is 334. The van der Waals surface area contributed by atoms with E-state index in [4.69, 9.17) is 4.74 Å². The normalized spacial score (nSPS) is 20.4. The predicted molar refractivity (Wildman–Crippen MR) is 60.1 cm³/mol. The zero-order chi connectivity index (χ0) is 11.2. The number of pyridine rings is 1. The molecular formula is C12H16N2O2. The van der Waals surface area contributed by atoms with Crippen molar-refractivity contribution in [3.8, 4) is 5.75 Å². The van der Waals surface area contributed by atoms with Crippen molar-refractivity contribution in [2.45, 2.75) is 19.3 Å². The van der Waals surface area contributed by atoms with Gasteiger partial charge in [0.2, 0.25) is 0 Å². The van der Waals surface area contributed by atoms with Crippen LogP contribution in [0.15, 0.2) is 24.5 Å². The molecule has 1 N–H and O–H groups in total. The van der Waals surface area contributed by atoms with E-state index in [0.717, 1.165) is 25.9 Å². The van der Waals surface area contributed by atoms with E-state index < -0.39 is 0 Å². The standard InChI is InChI=1S/C12H16N2O2/c15-12(7-10-3-1-5-13-8-10)16-11-4-2-6-14-9-11/h2,4,6,9-10,13H,1,3,5,7-8H2. The van der Waals surface area contributed by atoms with E-state index in [0.29, 0.717) is 18.1 Å². The average molecular weight is 220 g/mol. The van der Waals surface area contributed by atoms with Gasteiger partial charge < -0.3 is 10.1 Å². The van der Waals surface area contributed by atoms with Gasteiger partial charge in [0.05, 0.1) is 6.20 Å². The Hall–Kier alpha value is -1.42. The lowest BCUT2D eigenvalue weighted by atomic mass is 9.96. The first-order chi connectivity index (χ1) is 7.84. The first-order valence-corrected chi connectivity index (χ1v) is 5.66. The van der Waals surface area contributed by atoms with Crippen LogP contribution < -0.4 is 10.1 Å². The highest BCUT2D eigenvalue weighted by atomic mass is 16.5. The maximum Gasteiger partial charge on any atom is 0.311 e. The molecule has 4 nitrogen and oxygen atoms in total. The van der Waals surface area contributed by atoms with Crippen molar-refractivity contribution in [2.75, 3.05) is 13.1 Å². The maximum atomic E-state index is 11.6. The minimum Gasteiger partial charge on any atom is -0.425 e. The number of rotatable bonds is 3. The summed E-state index contributed by atoms with van der Waals surface area (Å²) >= 11 is 0. The largest absolute Gasteiger partial charge is 0.425 e. The molecule has 1 aromatic rings. The van der Waals surface area contributed by atoms with E-state index in [2.05, 4.69) is 10.3 Å². The van der Waals surface area contributed by atoms with Gasteiger partial charge in [0.15, 0.2) is 0 Å². The van der Waals surface area contributed by atoms with Gasteiger partial charge in [-0.3, -0.25) is 9.78 Å². The molecule has 2 rings (SSSR count). The lowest BCUT2D eigenvalue weighted by molar-refractivity contribution is -0.135. The van der Waals surface area contributed by atoms with Gasteiger partial charge in [-0.15, -0.1) is 0 Å². The molecule has 1 aliphatic heterocycles. The van der Waals surface area contributed by atoms with Gasteiger partial charge in [0.1, 0.15) is 5.75 Å². The summed E-state index contributed by atoms with van der Waals surface area (Å²) in [5, 5.41) is 3.28. The number of hydrogen-bond donors (Lipinski definition) is 1. The highest BCUT2D eigenvalue weighted by Crippen LogP contribution is 2.16. The number of aromatic nitrogens is 1. The molecule has 0 spiro atoms. The quantitative estimate of drug-likeness (QED) is 0.782. The van der Waals surface area contributed by atoms with Crippen molar-refractivity contribution in [3.05, 3.63) is 24.5 Å². The van der Waals surface area contributed by atoms with Crippen LogP contribution in [0.2, 0.25) is 0 Å². The fraction of sp³-hybridized carbons (Fsp3) is 0.500. The number of ether oxygens (including phenoxy) is 1. The fourth-order valence-corrected chi connectivity index (χ4v) is 1.91. The monoisotopic (exact) mass is 220 g/mol. The van der Waals surface area contributed by atoms with Crippen LogP contribution >= 0.6 is 0 Å². The van der Waals surface area contributed by atoms with Crippen LogP contribution in [0.5, 0.6) is 5.75 Å². The van der Waals surface area contributed by atoms with Crippen molar-refractivity contribution in [1.29, 1.82) is 0 Å². The number of esters is 1. The maximum absolute atomic E-state index is 11.6. The molecule has 4 heteroatoms. The molecule has 0 radical (unpaired) electrons. The van der Waals surface area contributed by atoms with Gasteiger partial charge >= 0.3 is 5.97 Å². The van der Waals surface area contributed by atoms with E-state index in [1.54, 1.807) is 24.5 Å². The Morgan fingerprint density at radius 2 is 2.56 bits per heavy atom. The van der Waals surface area contributed by atoms with Crippen LogP contribution in [0.4, 0.5) is 0 Å². The van der Waals surface area contributed by atoms with E-state index in [9.17, 15) is 4.79 Å². The van der Waals surface area contributed by atoms with Crippen molar-refractivity contribution >= 4 is 5.97 Å². The molecule has 0 saturated carbocycles. The first kappa shape index (κ1) is 11.1. The molecule has 1 atom stereocenters. The minimum atomic E-state index is -0.165. The van der Waals surface area contributed by atoms with Crippen LogP contribution in [0.1, 0.15) is 19.3 Å². The minimum absolute atomic E-state index is 0.165. The number of carbonyl (C=O) groups is 1. The van der Waals surface area contributed by atoms with E-state index >= 15 is 0 Å². The summed E-state index contributed by atoms with van der Waals surface area (Å²) in [4.78, 5) is 15.5. The zero-order valence-electron chi connectivity index (χ0n) is 9.19. The summed E-state index contributed by atoms with van der Waals surface area (Å²) in [5.74, 6) is 0.774. The van der Waals surface area contributed by atoms with Crippen molar-refractivity contribution < 1.29 is 9.53 Å². The van der Waals surface area contributed by atoms with Crippen LogP contribution in [-0.2, 0) is 4.79 Å². The Morgan fingerprint density at radius 1 is 1.62 bits per heavy atom. The van der Waals surface area contributed by atoms with Gasteiger partial charge in [-0.25, -0.2) is 0 Å². The zero-order valence-corrected chi connectivity index (χ0v) is 9.19. The number of nitrogens with zero attached hydrogens (tertiary/aromatic N) is 1.